The third-order valence-electron chi connectivity index (χ3n) is 5.19. The predicted molar refractivity (Wildman–Crippen MR) is 118 cm³/mol. The fraction of sp³-hybridized carbons (Fsp3) is 0.429. The Hall–Kier alpha value is -3.06. The second kappa shape index (κ2) is 10.5. The summed E-state index contributed by atoms with van der Waals surface area (Å²) in [7, 11) is -3.18. The first-order valence-corrected chi connectivity index (χ1v) is 12.2. The second-order valence-electron chi connectivity index (χ2n) is 7.75. The Bertz CT molecular complexity index is 1230. The van der Waals surface area contributed by atoms with Crippen molar-refractivity contribution in [2.75, 3.05) is 18.8 Å². The lowest BCUT2D eigenvalue weighted by Gasteiger charge is -2.30. The molecule has 13 heteroatoms. The van der Waals surface area contributed by atoms with Gasteiger partial charge in [-0.05, 0) is 37.5 Å². The van der Waals surface area contributed by atoms with Crippen LogP contribution in [0.2, 0.25) is 0 Å². The van der Waals surface area contributed by atoms with E-state index >= 15 is 0 Å². The molecule has 0 aliphatic carbocycles. The summed E-state index contributed by atoms with van der Waals surface area (Å²) in [6.07, 6.45) is 2.80. The number of piperidine rings is 1. The smallest absolute Gasteiger partial charge is 0.475 e. The van der Waals surface area contributed by atoms with E-state index in [9.17, 15) is 21.6 Å². The van der Waals surface area contributed by atoms with Crippen LogP contribution in [0.25, 0.3) is 16.8 Å². The lowest BCUT2D eigenvalue weighted by Crippen LogP contribution is -2.40. The van der Waals surface area contributed by atoms with E-state index in [0.29, 0.717) is 19.5 Å². The van der Waals surface area contributed by atoms with Crippen LogP contribution in [-0.2, 0) is 14.8 Å². The van der Waals surface area contributed by atoms with Crippen LogP contribution in [0, 0.1) is 0 Å². The Morgan fingerprint density at radius 3 is 2.59 bits per heavy atom. The minimum absolute atomic E-state index is 0.0344. The Kier molecular flexibility index (Phi) is 7.87. The molecule has 4 heterocycles. The molecule has 1 unspecified atom stereocenters. The topological polar surface area (TPSA) is 118 Å². The SMILES string of the molecule is CCCS(=O)(=O)N1CCCC(c2nc3ccc(-c4cccnc4)cn3n2)C1.O=C(O)C(F)(F)F. The van der Waals surface area contributed by atoms with Gasteiger partial charge >= 0.3 is 12.1 Å². The third-order valence-corrected chi connectivity index (χ3v) is 7.23. The van der Waals surface area contributed by atoms with Gasteiger partial charge in [0.2, 0.25) is 10.0 Å². The Morgan fingerprint density at radius 2 is 1.97 bits per heavy atom. The summed E-state index contributed by atoms with van der Waals surface area (Å²) >= 11 is 0. The van der Waals surface area contributed by atoms with Crippen molar-refractivity contribution in [3.05, 3.63) is 48.7 Å². The number of halogens is 3. The monoisotopic (exact) mass is 499 g/mol. The molecule has 34 heavy (non-hydrogen) atoms. The van der Waals surface area contributed by atoms with Crippen LogP contribution in [0.5, 0.6) is 0 Å². The zero-order chi connectivity index (χ0) is 24.9. The molecule has 1 aliphatic heterocycles. The molecular formula is C21H24F3N5O4S. The van der Waals surface area contributed by atoms with Crippen molar-refractivity contribution in [2.45, 2.75) is 38.3 Å². The average molecular weight is 500 g/mol. The average Bonchev–Trinajstić information content (AvgIpc) is 3.23. The van der Waals surface area contributed by atoms with Crippen molar-refractivity contribution in [1.29, 1.82) is 0 Å². The number of alkyl halides is 3. The van der Waals surface area contributed by atoms with Gasteiger partial charge in [-0.1, -0.05) is 13.0 Å². The fourth-order valence-electron chi connectivity index (χ4n) is 3.57. The molecular weight excluding hydrogens is 475 g/mol. The maximum Gasteiger partial charge on any atom is 0.490 e. The summed E-state index contributed by atoms with van der Waals surface area (Å²) in [4.78, 5) is 17.7. The number of carboxylic acids is 1. The van der Waals surface area contributed by atoms with E-state index in [1.54, 1.807) is 15.0 Å². The van der Waals surface area contributed by atoms with Gasteiger partial charge in [0.25, 0.3) is 0 Å². The summed E-state index contributed by atoms with van der Waals surface area (Å²) in [6, 6.07) is 7.85. The summed E-state index contributed by atoms with van der Waals surface area (Å²) < 4.78 is 59.9. The molecule has 9 nitrogen and oxygen atoms in total. The van der Waals surface area contributed by atoms with E-state index < -0.39 is 22.2 Å². The number of aliphatic carboxylic acids is 1. The molecule has 3 aromatic rings. The molecule has 0 amide bonds. The number of pyridine rings is 2. The van der Waals surface area contributed by atoms with Crippen LogP contribution in [-0.4, -0.2) is 68.4 Å². The maximum absolute atomic E-state index is 12.4. The third kappa shape index (κ3) is 6.29. The van der Waals surface area contributed by atoms with Crippen molar-refractivity contribution in [1.82, 2.24) is 23.9 Å². The van der Waals surface area contributed by atoms with Gasteiger partial charge in [-0.2, -0.15) is 18.3 Å². The summed E-state index contributed by atoms with van der Waals surface area (Å²) in [5.74, 6) is -1.80. The van der Waals surface area contributed by atoms with Crippen molar-refractivity contribution in [3.63, 3.8) is 0 Å². The van der Waals surface area contributed by atoms with Crippen molar-refractivity contribution >= 4 is 21.6 Å². The van der Waals surface area contributed by atoms with Gasteiger partial charge in [0.05, 0.1) is 5.75 Å². The number of nitrogens with zero attached hydrogens (tertiary/aromatic N) is 5. The number of fused-ring (bicyclic) bond motifs is 1. The molecule has 1 atom stereocenters. The highest BCUT2D eigenvalue weighted by Crippen LogP contribution is 2.27. The standard InChI is InChI=1S/C19H23N5O2S.C2HF3O2/c1-2-11-27(25,26)23-10-4-6-17(13-23)19-21-18-8-7-16(14-24(18)22-19)15-5-3-9-20-12-15;3-2(4,5)1(6)7/h3,5,7-9,12,14,17H,2,4,6,10-11,13H2,1H3;(H,6,7). The van der Waals surface area contributed by atoms with Gasteiger partial charge in [-0.25, -0.2) is 27.0 Å². The maximum atomic E-state index is 12.4. The van der Waals surface area contributed by atoms with Gasteiger partial charge in [-0.3, -0.25) is 4.98 Å². The van der Waals surface area contributed by atoms with Crippen LogP contribution in [0.4, 0.5) is 13.2 Å². The molecule has 1 N–H and O–H groups in total. The molecule has 0 radical (unpaired) electrons. The van der Waals surface area contributed by atoms with Gasteiger partial charge in [0.1, 0.15) is 0 Å². The van der Waals surface area contributed by atoms with E-state index in [0.717, 1.165) is 35.4 Å². The minimum Gasteiger partial charge on any atom is -0.475 e. The highest BCUT2D eigenvalue weighted by Gasteiger charge is 2.38. The van der Waals surface area contributed by atoms with E-state index in [1.165, 1.54) is 0 Å². The minimum atomic E-state index is -5.08. The zero-order valence-electron chi connectivity index (χ0n) is 18.3. The molecule has 3 aromatic heterocycles. The number of rotatable bonds is 5. The lowest BCUT2D eigenvalue weighted by atomic mass is 9.99. The highest BCUT2D eigenvalue weighted by atomic mass is 32.2. The first kappa shape index (κ1) is 25.6. The molecule has 0 saturated carbocycles. The molecule has 1 fully saturated rings. The quantitative estimate of drug-likeness (QED) is 0.572. The Morgan fingerprint density at radius 1 is 1.24 bits per heavy atom. The molecule has 1 aliphatic rings. The molecule has 0 aromatic carbocycles. The molecule has 4 rings (SSSR count). The van der Waals surface area contributed by atoms with Gasteiger partial charge in [-0.15, -0.1) is 0 Å². The lowest BCUT2D eigenvalue weighted by molar-refractivity contribution is -0.192. The summed E-state index contributed by atoms with van der Waals surface area (Å²) in [5.41, 5.74) is 2.81. The van der Waals surface area contributed by atoms with Crippen molar-refractivity contribution in [2.24, 2.45) is 0 Å². The zero-order valence-corrected chi connectivity index (χ0v) is 19.1. The first-order valence-electron chi connectivity index (χ1n) is 10.6. The number of hydrogen-bond donors (Lipinski definition) is 1. The number of carboxylic acid groups (broad SMARTS) is 1. The van der Waals surface area contributed by atoms with Crippen molar-refractivity contribution < 1.29 is 31.5 Å². The van der Waals surface area contributed by atoms with Crippen LogP contribution in [0.1, 0.15) is 37.9 Å². The summed E-state index contributed by atoms with van der Waals surface area (Å²) in [6.45, 7) is 2.95. The van der Waals surface area contributed by atoms with Crippen LogP contribution in [0.3, 0.4) is 0 Å². The highest BCUT2D eigenvalue weighted by molar-refractivity contribution is 7.89. The van der Waals surface area contributed by atoms with E-state index in [1.807, 2.05) is 43.6 Å². The predicted octanol–water partition coefficient (Wildman–Crippen LogP) is 3.34. The van der Waals surface area contributed by atoms with Gasteiger partial charge in [0, 0.05) is 48.7 Å². The molecule has 0 spiro atoms. The largest absolute Gasteiger partial charge is 0.490 e. The Labute approximate surface area is 194 Å². The van der Waals surface area contributed by atoms with Crippen LogP contribution >= 0.6 is 0 Å². The number of aromatic nitrogens is 4. The normalized spacial score (nSPS) is 17.2. The van der Waals surface area contributed by atoms with E-state index in [-0.39, 0.29) is 11.7 Å². The Balaban J connectivity index is 0.000000406. The second-order valence-corrected chi connectivity index (χ2v) is 9.84. The fourth-order valence-corrected chi connectivity index (χ4v) is 5.16. The van der Waals surface area contributed by atoms with Gasteiger partial charge in [0.15, 0.2) is 11.5 Å². The molecule has 0 bridgehead atoms. The summed E-state index contributed by atoms with van der Waals surface area (Å²) in [5, 5.41) is 11.8. The molecule has 184 valence electrons. The first-order chi connectivity index (χ1) is 16.0. The number of sulfonamides is 1. The van der Waals surface area contributed by atoms with E-state index in [2.05, 4.69) is 15.1 Å². The van der Waals surface area contributed by atoms with Crippen LogP contribution in [0.15, 0.2) is 42.9 Å². The number of hydrogen-bond acceptors (Lipinski definition) is 6. The molecule has 1 saturated heterocycles. The van der Waals surface area contributed by atoms with Crippen molar-refractivity contribution in [3.8, 4) is 11.1 Å². The van der Waals surface area contributed by atoms with Gasteiger partial charge < -0.3 is 5.11 Å². The number of carbonyl (C=O) groups is 1. The van der Waals surface area contributed by atoms with Crippen LogP contribution < -0.4 is 0 Å². The van der Waals surface area contributed by atoms with E-state index in [4.69, 9.17) is 9.90 Å².